The van der Waals surface area contributed by atoms with E-state index in [9.17, 15) is 0 Å². The van der Waals surface area contributed by atoms with Crippen LogP contribution in [-0.2, 0) is 6.42 Å². The average Bonchev–Trinajstić information content (AvgIpc) is 2.65. The Hall–Kier alpha value is -0.251. The third kappa shape index (κ3) is 3.37. The SMILES string of the molecule is CCc1ccccc1N=c1o[c-]c(C)o1.[Yb]. The Morgan fingerprint density at radius 2 is 2.06 bits per heavy atom. The molecule has 0 unspecified atom stereocenters. The van der Waals surface area contributed by atoms with Gasteiger partial charge in [-0.2, -0.15) is 0 Å². The number of hydrogen-bond donors (Lipinski definition) is 0. The van der Waals surface area contributed by atoms with E-state index in [1.807, 2.05) is 24.3 Å². The molecule has 0 bridgehead atoms. The van der Waals surface area contributed by atoms with E-state index in [-0.39, 0.29) is 52.7 Å². The molecular formula is C12H12NO2Yb-. The largest absolute Gasteiger partial charge is 0.600 e. The molecule has 1 aromatic heterocycles. The van der Waals surface area contributed by atoms with Crippen LogP contribution in [0.25, 0.3) is 0 Å². The van der Waals surface area contributed by atoms with E-state index < -0.39 is 0 Å². The molecule has 1 aromatic carbocycles. The van der Waals surface area contributed by atoms with E-state index in [4.69, 9.17) is 8.83 Å². The molecule has 0 atom stereocenters. The van der Waals surface area contributed by atoms with E-state index in [0.29, 0.717) is 5.76 Å². The molecule has 4 heteroatoms. The second-order valence-electron chi connectivity index (χ2n) is 3.22. The van der Waals surface area contributed by atoms with Gasteiger partial charge >= 0.3 is 0 Å². The van der Waals surface area contributed by atoms with E-state index in [1.165, 1.54) is 5.56 Å². The predicted molar refractivity (Wildman–Crippen MR) is 55.6 cm³/mol. The van der Waals surface area contributed by atoms with Crippen LogP contribution in [0.4, 0.5) is 5.69 Å². The first-order valence-electron chi connectivity index (χ1n) is 4.90. The predicted octanol–water partition coefficient (Wildman–Crippen LogP) is 2.78. The summed E-state index contributed by atoms with van der Waals surface area (Å²) in [5.74, 6) is 0.844. The molecule has 92 valence electrons. The number of nitrogens with zero attached hydrogens (tertiary/aromatic N) is 1. The molecule has 0 aliphatic heterocycles. The zero-order chi connectivity index (χ0) is 10.7. The maximum atomic E-state index is 5.20. The van der Waals surface area contributed by atoms with Gasteiger partial charge in [0, 0.05) is 52.7 Å². The average molecular weight is 375 g/mol. The molecule has 0 aliphatic rings. The Morgan fingerprint density at radius 1 is 1.31 bits per heavy atom. The first kappa shape index (κ1) is 13.8. The van der Waals surface area contributed by atoms with Gasteiger partial charge in [0.2, 0.25) is 5.75 Å². The summed E-state index contributed by atoms with van der Waals surface area (Å²) in [7, 11) is 0. The monoisotopic (exact) mass is 376 g/mol. The van der Waals surface area contributed by atoms with Gasteiger partial charge in [-0.15, -0.1) is 0 Å². The van der Waals surface area contributed by atoms with Crippen molar-refractivity contribution < 1.29 is 55.8 Å². The fraction of sp³-hybridized carbons (Fsp3) is 0.250. The molecule has 0 aliphatic carbocycles. The minimum Gasteiger partial charge on any atom is -0.600 e. The fourth-order valence-corrected chi connectivity index (χ4v) is 1.35. The van der Waals surface area contributed by atoms with Crippen molar-refractivity contribution in [2.45, 2.75) is 20.3 Å². The third-order valence-corrected chi connectivity index (χ3v) is 2.11. The second kappa shape index (κ2) is 6.48. The second-order valence-corrected chi connectivity index (χ2v) is 3.22. The molecule has 0 amide bonds. The number of hydrogen-bond acceptors (Lipinski definition) is 3. The summed E-state index contributed by atoms with van der Waals surface area (Å²) in [4.78, 5) is 4.27. The number of aryl methyl sites for hydroxylation is 2. The Bertz CT molecular complexity index is 513. The minimum atomic E-state index is 0. The van der Waals surface area contributed by atoms with E-state index in [0.717, 1.165) is 12.1 Å². The van der Waals surface area contributed by atoms with Crippen molar-refractivity contribution in [3.8, 4) is 0 Å². The number of para-hydroxylation sites is 1. The maximum Gasteiger partial charge on any atom is 0.230 e. The number of rotatable bonds is 2. The normalized spacial score (nSPS) is 11.2. The number of benzene rings is 1. The maximum absolute atomic E-state index is 5.20. The molecule has 1 heterocycles. The smallest absolute Gasteiger partial charge is 0.230 e. The molecule has 2 aromatic rings. The van der Waals surface area contributed by atoms with Gasteiger partial charge < -0.3 is 8.83 Å². The topological polar surface area (TPSA) is 38.6 Å². The molecule has 0 saturated carbocycles. The van der Waals surface area contributed by atoms with Crippen LogP contribution in [0.3, 0.4) is 0 Å². The summed E-state index contributed by atoms with van der Waals surface area (Å²) in [5, 5.41) is 0. The molecule has 0 spiro atoms. The van der Waals surface area contributed by atoms with Gasteiger partial charge in [0.15, 0.2) is 0 Å². The summed E-state index contributed by atoms with van der Waals surface area (Å²) < 4.78 is 10.2. The summed E-state index contributed by atoms with van der Waals surface area (Å²) in [6.45, 7) is 3.86. The first-order chi connectivity index (χ1) is 7.29. The van der Waals surface area contributed by atoms with E-state index >= 15 is 0 Å². The molecule has 2 rings (SSSR count). The van der Waals surface area contributed by atoms with Gasteiger partial charge in [-0.1, -0.05) is 25.1 Å². The summed E-state index contributed by atoms with van der Waals surface area (Å²) in [6.07, 6.45) is 3.52. The molecule has 0 N–H and O–H groups in total. The van der Waals surface area contributed by atoms with Crippen LogP contribution in [0.1, 0.15) is 18.2 Å². The van der Waals surface area contributed by atoms with Crippen molar-refractivity contribution in [2.24, 2.45) is 4.99 Å². The molecule has 0 radical (unpaired) electrons. The van der Waals surface area contributed by atoms with Crippen molar-refractivity contribution in [2.75, 3.05) is 0 Å². The van der Waals surface area contributed by atoms with E-state index in [1.54, 1.807) is 6.92 Å². The Kier molecular flexibility index (Phi) is 5.59. The van der Waals surface area contributed by atoms with Crippen LogP contribution < -0.4 is 5.75 Å². The Balaban J connectivity index is 0.00000128. The van der Waals surface area contributed by atoms with Gasteiger partial charge in [-0.05, 0) is 31.2 Å². The molecule has 16 heavy (non-hydrogen) atoms. The minimum absolute atomic E-state index is 0. The van der Waals surface area contributed by atoms with Crippen molar-refractivity contribution in [1.29, 1.82) is 0 Å². The van der Waals surface area contributed by atoms with Crippen molar-refractivity contribution in [3.05, 3.63) is 47.6 Å². The standard InChI is InChI=1S/C12H12NO2.Yb/c1-3-10-6-4-5-7-11(10)13-12-14-8-9(2)15-12;/h4-7H,3H2,1-2H3;/q-1;. The Labute approximate surface area is 133 Å². The van der Waals surface area contributed by atoms with Crippen LogP contribution in [0.5, 0.6) is 0 Å². The quantitative estimate of drug-likeness (QED) is 0.758. The third-order valence-electron chi connectivity index (χ3n) is 2.11. The van der Waals surface area contributed by atoms with Crippen molar-refractivity contribution >= 4 is 5.69 Å². The first-order valence-corrected chi connectivity index (χ1v) is 4.90. The molecule has 0 fully saturated rings. The van der Waals surface area contributed by atoms with Gasteiger partial charge in [-0.3, -0.25) is 4.99 Å². The van der Waals surface area contributed by atoms with Crippen molar-refractivity contribution in [1.82, 2.24) is 0 Å². The summed E-state index contributed by atoms with van der Waals surface area (Å²) >= 11 is 0. The van der Waals surface area contributed by atoms with Crippen LogP contribution >= 0.6 is 0 Å². The van der Waals surface area contributed by atoms with Gasteiger partial charge in [-0.25, -0.2) is 0 Å². The summed E-state index contributed by atoms with van der Waals surface area (Å²) in [6, 6.07) is 7.91. The molecule has 3 nitrogen and oxygen atoms in total. The molecule has 0 saturated heterocycles. The van der Waals surface area contributed by atoms with Crippen LogP contribution in [0.15, 0.2) is 38.1 Å². The van der Waals surface area contributed by atoms with Crippen molar-refractivity contribution in [3.63, 3.8) is 0 Å². The van der Waals surface area contributed by atoms with Gasteiger partial charge in [0.25, 0.3) is 0 Å². The van der Waals surface area contributed by atoms with Gasteiger partial charge in [0.05, 0.1) is 5.69 Å². The zero-order valence-corrected chi connectivity index (χ0v) is 10.8. The fourth-order valence-electron chi connectivity index (χ4n) is 1.35. The summed E-state index contributed by atoms with van der Waals surface area (Å²) in [5.41, 5.74) is 2.05. The van der Waals surface area contributed by atoms with Crippen LogP contribution in [0, 0.1) is 60.1 Å². The zero-order valence-electron chi connectivity index (χ0n) is 9.05. The Morgan fingerprint density at radius 3 is 2.69 bits per heavy atom. The van der Waals surface area contributed by atoms with E-state index in [2.05, 4.69) is 18.2 Å². The van der Waals surface area contributed by atoms with Gasteiger partial charge in [0.1, 0.15) is 0 Å². The molecular weight excluding hydrogens is 363 g/mol. The van der Waals surface area contributed by atoms with Crippen LogP contribution in [-0.4, -0.2) is 0 Å². The van der Waals surface area contributed by atoms with Crippen LogP contribution in [0.2, 0.25) is 0 Å².